The van der Waals surface area contributed by atoms with Gasteiger partial charge in [0.15, 0.2) is 0 Å². The van der Waals surface area contributed by atoms with Crippen LogP contribution in [0, 0.1) is 0 Å². The van der Waals surface area contributed by atoms with E-state index < -0.39 is 0 Å². The number of nitrogens with zero attached hydrogens (tertiary/aromatic N) is 2. The van der Waals surface area contributed by atoms with E-state index in [4.69, 9.17) is 5.48 Å². The first-order valence-corrected chi connectivity index (χ1v) is 14.8. The summed E-state index contributed by atoms with van der Waals surface area (Å²) in [5.74, 6) is 0. The summed E-state index contributed by atoms with van der Waals surface area (Å²) in [6.07, 6.45) is 0. The zero-order valence-electron chi connectivity index (χ0n) is 27.8. The maximum absolute atomic E-state index is 8.90. The molecular weight excluding hydrogens is 532 g/mol. The van der Waals surface area contributed by atoms with Crippen LogP contribution in [0.4, 0.5) is 0 Å². The van der Waals surface area contributed by atoms with Gasteiger partial charge in [-0.25, -0.2) is 0 Å². The Bertz CT molecular complexity index is 2720. The van der Waals surface area contributed by atoms with Crippen LogP contribution >= 0.6 is 0 Å². The van der Waals surface area contributed by atoms with Crippen LogP contribution in [0.5, 0.6) is 0 Å². The number of benzene rings is 7. The molecule has 0 fully saturated rings. The zero-order valence-corrected chi connectivity index (χ0v) is 23.8. The third-order valence-corrected chi connectivity index (χ3v) is 8.63. The largest absolute Gasteiger partial charge is 0.309 e. The number of para-hydroxylation sites is 3. The van der Waals surface area contributed by atoms with Crippen LogP contribution in [-0.2, 0) is 0 Å². The molecule has 2 heteroatoms. The molecule has 0 radical (unpaired) electrons. The van der Waals surface area contributed by atoms with Crippen molar-refractivity contribution in [3.63, 3.8) is 0 Å². The maximum atomic E-state index is 8.90. The van der Waals surface area contributed by atoms with Gasteiger partial charge in [0.05, 0.1) is 27.5 Å². The Balaban J connectivity index is 1.25. The van der Waals surface area contributed by atoms with Crippen molar-refractivity contribution in [1.82, 2.24) is 9.13 Å². The fourth-order valence-electron chi connectivity index (χ4n) is 6.65. The first-order chi connectivity index (χ1) is 23.5. The van der Waals surface area contributed by atoms with E-state index >= 15 is 0 Å². The molecule has 0 saturated carbocycles. The van der Waals surface area contributed by atoms with E-state index in [1.165, 1.54) is 11.1 Å². The Kier molecular flexibility index (Phi) is 4.69. The van der Waals surface area contributed by atoms with E-state index in [1.807, 2.05) is 34.9 Å². The summed E-state index contributed by atoms with van der Waals surface area (Å²) in [5.41, 5.74) is 10.0. The third kappa shape index (κ3) is 3.82. The number of fused-ring (bicyclic) bond motifs is 6. The molecular formula is C42H28N2. The highest BCUT2D eigenvalue weighted by Gasteiger charge is 2.16. The van der Waals surface area contributed by atoms with Gasteiger partial charge in [0.1, 0.15) is 0 Å². The van der Waals surface area contributed by atoms with Crippen LogP contribution in [0.15, 0.2) is 170 Å². The van der Waals surface area contributed by atoms with Crippen LogP contribution in [0.1, 0.15) is 5.48 Å². The molecule has 0 aliphatic heterocycles. The van der Waals surface area contributed by atoms with Gasteiger partial charge in [-0.05, 0) is 76.8 Å². The molecule has 0 N–H and O–H groups in total. The molecule has 9 rings (SSSR count). The molecule has 0 aliphatic carbocycles. The lowest BCUT2D eigenvalue weighted by Crippen LogP contribution is -1.96. The highest BCUT2D eigenvalue weighted by Crippen LogP contribution is 2.37. The first kappa shape index (κ1) is 20.9. The van der Waals surface area contributed by atoms with E-state index in [9.17, 15) is 0 Å². The number of hydrogen-bond donors (Lipinski definition) is 0. The highest BCUT2D eigenvalue weighted by molar-refractivity contribution is 6.12. The van der Waals surface area contributed by atoms with Gasteiger partial charge in [0, 0.05) is 32.9 Å². The van der Waals surface area contributed by atoms with Gasteiger partial charge in [0.2, 0.25) is 0 Å². The quantitative estimate of drug-likeness (QED) is 0.201. The van der Waals surface area contributed by atoms with Crippen LogP contribution < -0.4 is 0 Å². The molecule has 2 aromatic heterocycles. The molecule has 0 spiro atoms. The van der Waals surface area contributed by atoms with Crippen molar-refractivity contribution in [2.45, 2.75) is 0 Å². The second-order valence-corrected chi connectivity index (χ2v) is 11.1. The zero-order chi connectivity index (χ0) is 32.5. The van der Waals surface area contributed by atoms with Crippen molar-refractivity contribution in [3.8, 4) is 33.6 Å². The summed E-state index contributed by atoms with van der Waals surface area (Å²) in [7, 11) is 0. The minimum atomic E-state index is -0.233. The van der Waals surface area contributed by atoms with Crippen molar-refractivity contribution in [2.75, 3.05) is 0 Å². The molecule has 0 atom stereocenters. The fraction of sp³-hybridized carbons (Fsp3) is 0. The summed E-state index contributed by atoms with van der Waals surface area (Å²) in [6, 6.07) is 49.7. The van der Waals surface area contributed by atoms with Gasteiger partial charge in [0.25, 0.3) is 0 Å². The Morgan fingerprint density at radius 3 is 1.68 bits per heavy atom. The monoisotopic (exact) mass is 564 g/mol. The van der Waals surface area contributed by atoms with E-state index in [0.29, 0.717) is 10.9 Å². The Morgan fingerprint density at radius 2 is 0.886 bits per heavy atom. The van der Waals surface area contributed by atoms with E-state index in [-0.39, 0.29) is 24.2 Å². The van der Waals surface area contributed by atoms with Crippen LogP contribution in [0.25, 0.3) is 77.2 Å². The topological polar surface area (TPSA) is 9.86 Å². The van der Waals surface area contributed by atoms with E-state index in [2.05, 4.69) is 120 Å². The summed E-state index contributed by atoms with van der Waals surface area (Å²) in [4.78, 5) is 0. The summed E-state index contributed by atoms with van der Waals surface area (Å²) >= 11 is 0. The van der Waals surface area contributed by atoms with Gasteiger partial charge in [-0.15, -0.1) is 0 Å². The average molecular weight is 565 g/mol. The lowest BCUT2D eigenvalue weighted by atomic mass is 9.99. The lowest BCUT2D eigenvalue weighted by Gasteiger charge is -2.12. The van der Waals surface area contributed by atoms with Gasteiger partial charge in [-0.3, -0.25) is 0 Å². The van der Waals surface area contributed by atoms with Crippen LogP contribution in [0.2, 0.25) is 0 Å². The Labute approximate surface area is 261 Å². The van der Waals surface area contributed by atoms with Crippen molar-refractivity contribution in [2.24, 2.45) is 0 Å². The summed E-state index contributed by atoms with van der Waals surface area (Å²) in [6.45, 7) is 0. The molecule has 0 bridgehead atoms. The van der Waals surface area contributed by atoms with Gasteiger partial charge >= 0.3 is 0 Å². The molecule has 206 valence electrons. The minimum Gasteiger partial charge on any atom is -0.309 e. The maximum Gasteiger partial charge on any atom is 0.0645 e. The first-order valence-electron chi connectivity index (χ1n) is 16.8. The van der Waals surface area contributed by atoms with Crippen molar-refractivity contribution in [3.05, 3.63) is 170 Å². The SMILES string of the molecule is [2H]c1c([2H])c([2H])c2c(c1[2H])c1ccccc1n2-c1ccc2c(c1)c1ccccc1n2-c1cccc(-c2cccc(-c3ccccc3)c2)c1. The molecule has 2 heterocycles. The number of rotatable bonds is 4. The molecule has 0 unspecified atom stereocenters. The molecule has 0 saturated heterocycles. The standard InChI is InChI=1S/C42H28N2/c1-2-12-29(13-3-1)30-14-10-15-31(26-30)32-16-11-17-33(27-32)43-41-23-9-6-20-37(41)38-28-34(24-25-42(38)43)44-39-21-7-4-18-35(39)36-19-5-8-22-40(36)44/h1-28H/i4D,7D,18D,21D. The summed E-state index contributed by atoms with van der Waals surface area (Å²) in [5, 5.41) is 3.50. The Morgan fingerprint density at radius 1 is 0.341 bits per heavy atom. The average Bonchev–Trinajstić information content (AvgIpc) is 3.67. The Hall–Kier alpha value is -5.86. The second kappa shape index (κ2) is 9.86. The minimum absolute atomic E-state index is 0.0205. The van der Waals surface area contributed by atoms with Gasteiger partial charge in [-0.1, -0.05) is 115 Å². The molecule has 0 amide bonds. The molecule has 44 heavy (non-hydrogen) atoms. The second-order valence-electron chi connectivity index (χ2n) is 11.1. The number of aromatic nitrogens is 2. The van der Waals surface area contributed by atoms with Crippen molar-refractivity contribution < 1.29 is 5.48 Å². The molecule has 0 aliphatic rings. The molecule has 7 aromatic carbocycles. The van der Waals surface area contributed by atoms with Crippen molar-refractivity contribution >= 4 is 43.6 Å². The summed E-state index contributed by atoms with van der Waals surface area (Å²) < 4.78 is 38.7. The van der Waals surface area contributed by atoms with Crippen LogP contribution in [0.3, 0.4) is 0 Å². The van der Waals surface area contributed by atoms with Crippen molar-refractivity contribution in [1.29, 1.82) is 0 Å². The van der Waals surface area contributed by atoms with Gasteiger partial charge in [-0.2, -0.15) is 0 Å². The smallest absolute Gasteiger partial charge is 0.0645 e. The van der Waals surface area contributed by atoms with E-state index in [0.717, 1.165) is 55.2 Å². The van der Waals surface area contributed by atoms with E-state index in [1.54, 1.807) is 0 Å². The number of hydrogen-bond acceptors (Lipinski definition) is 0. The van der Waals surface area contributed by atoms with Crippen LogP contribution in [-0.4, -0.2) is 9.13 Å². The normalized spacial score (nSPS) is 12.9. The molecule has 2 nitrogen and oxygen atoms in total. The lowest BCUT2D eigenvalue weighted by molar-refractivity contribution is 1.17. The fourth-order valence-corrected chi connectivity index (χ4v) is 6.65. The molecule has 9 aromatic rings. The predicted octanol–water partition coefficient (Wildman–Crippen LogP) is 11.2. The predicted molar refractivity (Wildman–Crippen MR) is 186 cm³/mol. The third-order valence-electron chi connectivity index (χ3n) is 8.63. The highest BCUT2D eigenvalue weighted by atomic mass is 15.0. The van der Waals surface area contributed by atoms with Gasteiger partial charge < -0.3 is 9.13 Å².